The van der Waals surface area contributed by atoms with Crippen LogP contribution in [0.4, 0.5) is 0 Å². The Morgan fingerprint density at radius 3 is 2.95 bits per heavy atom. The fourth-order valence-corrected chi connectivity index (χ4v) is 2.47. The zero-order chi connectivity index (χ0) is 14.8. The zero-order valence-electron chi connectivity index (χ0n) is 12.9. The molecule has 0 saturated carbocycles. The third-order valence-electron chi connectivity index (χ3n) is 3.59. The number of hydrogen-bond donors (Lipinski definition) is 2. The first kappa shape index (κ1) is 15.5. The van der Waals surface area contributed by atoms with Crippen LogP contribution in [0.2, 0.25) is 0 Å². The van der Waals surface area contributed by atoms with E-state index in [4.69, 9.17) is 0 Å². The van der Waals surface area contributed by atoms with E-state index < -0.39 is 0 Å². The van der Waals surface area contributed by atoms with Crippen molar-refractivity contribution < 1.29 is 0 Å². The molecule has 0 unspecified atom stereocenters. The standard InChI is InChI=1S/C17H26N4/c1-2-18-17(21-14-16-10-6-7-12-19-16)20-13-11-15-8-4-3-5-9-15/h6-8,10,12H,2-5,9,11,13-14H2,1H3,(H2,18,20,21). The van der Waals surface area contributed by atoms with Crippen molar-refractivity contribution in [2.75, 3.05) is 13.1 Å². The molecule has 114 valence electrons. The number of hydrogen-bond acceptors (Lipinski definition) is 2. The summed E-state index contributed by atoms with van der Waals surface area (Å²) in [5.41, 5.74) is 2.58. The van der Waals surface area contributed by atoms with Gasteiger partial charge >= 0.3 is 0 Å². The van der Waals surface area contributed by atoms with E-state index in [9.17, 15) is 0 Å². The van der Waals surface area contributed by atoms with Crippen molar-refractivity contribution in [2.45, 2.75) is 45.6 Å². The molecule has 0 fully saturated rings. The van der Waals surface area contributed by atoms with Crippen LogP contribution in [0.1, 0.15) is 44.7 Å². The SMILES string of the molecule is CCNC(=NCc1ccccn1)NCCC1=CCCCC1. The van der Waals surface area contributed by atoms with Crippen molar-refractivity contribution in [3.05, 3.63) is 41.7 Å². The molecule has 21 heavy (non-hydrogen) atoms. The second kappa shape index (κ2) is 9.16. The summed E-state index contributed by atoms with van der Waals surface area (Å²) in [4.78, 5) is 8.87. The number of aromatic nitrogens is 1. The van der Waals surface area contributed by atoms with E-state index >= 15 is 0 Å². The highest BCUT2D eigenvalue weighted by Gasteiger charge is 2.04. The van der Waals surface area contributed by atoms with Crippen LogP contribution in [-0.2, 0) is 6.54 Å². The quantitative estimate of drug-likeness (QED) is 0.480. The minimum atomic E-state index is 0.610. The number of nitrogens with zero attached hydrogens (tertiary/aromatic N) is 2. The second-order valence-electron chi connectivity index (χ2n) is 5.30. The molecule has 0 radical (unpaired) electrons. The molecule has 1 aliphatic carbocycles. The van der Waals surface area contributed by atoms with Crippen molar-refractivity contribution in [3.8, 4) is 0 Å². The average molecular weight is 286 g/mol. The van der Waals surface area contributed by atoms with Crippen molar-refractivity contribution in [2.24, 2.45) is 4.99 Å². The number of guanidine groups is 1. The molecular weight excluding hydrogens is 260 g/mol. The Hall–Kier alpha value is -1.84. The highest BCUT2D eigenvalue weighted by atomic mass is 15.2. The normalized spacial score (nSPS) is 15.5. The summed E-state index contributed by atoms with van der Waals surface area (Å²) in [6.45, 7) is 4.51. The Bertz CT molecular complexity index is 465. The Balaban J connectivity index is 1.79. The van der Waals surface area contributed by atoms with Crippen LogP contribution in [0.5, 0.6) is 0 Å². The van der Waals surface area contributed by atoms with Gasteiger partial charge in [-0.3, -0.25) is 4.98 Å². The van der Waals surface area contributed by atoms with Crippen molar-refractivity contribution in [3.63, 3.8) is 0 Å². The first-order valence-corrected chi connectivity index (χ1v) is 7.98. The lowest BCUT2D eigenvalue weighted by Gasteiger charge is -2.15. The molecule has 0 amide bonds. The molecule has 1 aromatic rings. The van der Waals surface area contributed by atoms with Crippen LogP contribution >= 0.6 is 0 Å². The van der Waals surface area contributed by atoms with E-state index in [1.54, 1.807) is 11.8 Å². The summed E-state index contributed by atoms with van der Waals surface area (Å²) in [6, 6.07) is 5.92. The van der Waals surface area contributed by atoms with Gasteiger partial charge in [-0.15, -0.1) is 0 Å². The van der Waals surface area contributed by atoms with Gasteiger partial charge in [-0.25, -0.2) is 4.99 Å². The van der Waals surface area contributed by atoms with Gasteiger partial charge in [0, 0.05) is 19.3 Å². The van der Waals surface area contributed by atoms with Crippen LogP contribution in [0.3, 0.4) is 0 Å². The molecule has 4 heteroatoms. The first-order valence-electron chi connectivity index (χ1n) is 7.98. The van der Waals surface area contributed by atoms with E-state index in [2.05, 4.69) is 33.6 Å². The van der Waals surface area contributed by atoms with E-state index in [-0.39, 0.29) is 0 Å². The van der Waals surface area contributed by atoms with Crippen LogP contribution in [0.25, 0.3) is 0 Å². The molecular formula is C17H26N4. The molecule has 2 rings (SSSR count). The highest BCUT2D eigenvalue weighted by Crippen LogP contribution is 2.19. The van der Waals surface area contributed by atoms with Crippen LogP contribution < -0.4 is 10.6 Å². The van der Waals surface area contributed by atoms with E-state index in [0.29, 0.717) is 6.54 Å². The lowest BCUT2D eigenvalue weighted by Crippen LogP contribution is -2.37. The molecule has 0 aromatic carbocycles. The molecule has 0 bridgehead atoms. The molecule has 1 aromatic heterocycles. The fourth-order valence-electron chi connectivity index (χ4n) is 2.47. The molecule has 0 saturated heterocycles. The van der Waals surface area contributed by atoms with Gasteiger partial charge in [0.2, 0.25) is 0 Å². The van der Waals surface area contributed by atoms with Gasteiger partial charge in [-0.1, -0.05) is 17.7 Å². The maximum Gasteiger partial charge on any atom is 0.191 e. The van der Waals surface area contributed by atoms with Gasteiger partial charge < -0.3 is 10.6 Å². The molecule has 1 aliphatic rings. The summed E-state index contributed by atoms with van der Waals surface area (Å²) in [6.07, 6.45) is 10.6. The number of aliphatic imine (C=N–C) groups is 1. The van der Waals surface area contributed by atoms with E-state index in [0.717, 1.165) is 31.2 Å². The minimum Gasteiger partial charge on any atom is -0.357 e. The summed E-state index contributed by atoms with van der Waals surface area (Å²) in [7, 11) is 0. The number of nitrogens with one attached hydrogen (secondary N) is 2. The van der Waals surface area contributed by atoms with E-state index in [1.165, 1.54) is 25.7 Å². The molecule has 0 atom stereocenters. The summed E-state index contributed by atoms with van der Waals surface area (Å²) < 4.78 is 0. The molecule has 0 aliphatic heterocycles. The van der Waals surface area contributed by atoms with Gasteiger partial charge in [0.05, 0.1) is 12.2 Å². The van der Waals surface area contributed by atoms with Gasteiger partial charge in [-0.05, 0) is 51.2 Å². The number of rotatable bonds is 6. The topological polar surface area (TPSA) is 49.3 Å². The van der Waals surface area contributed by atoms with E-state index in [1.807, 2.05) is 18.2 Å². The third kappa shape index (κ3) is 5.98. The van der Waals surface area contributed by atoms with Crippen molar-refractivity contribution in [1.29, 1.82) is 0 Å². The molecule has 1 heterocycles. The Kier molecular flexibility index (Phi) is 6.78. The maximum absolute atomic E-state index is 4.58. The van der Waals surface area contributed by atoms with Crippen LogP contribution in [0, 0.1) is 0 Å². The summed E-state index contributed by atoms with van der Waals surface area (Å²) >= 11 is 0. The molecule has 4 nitrogen and oxygen atoms in total. The molecule has 2 N–H and O–H groups in total. The monoisotopic (exact) mass is 286 g/mol. The maximum atomic E-state index is 4.58. The van der Waals surface area contributed by atoms with Crippen molar-refractivity contribution in [1.82, 2.24) is 15.6 Å². The largest absolute Gasteiger partial charge is 0.357 e. The first-order chi connectivity index (χ1) is 10.4. The Morgan fingerprint density at radius 1 is 1.29 bits per heavy atom. The predicted molar refractivity (Wildman–Crippen MR) is 88.2 cm³/mol. The lowest BCUT2D eigenvalue weighted by atomic mass is 9.97. The predicted octanol–water partition coefficient (Wildman–Crippen LogP) is 3.03. The minimum absolute atomic E-state index is 0.610. The zero-order valence-corrected chi connectivity index (χ0v) is 12.9. The van der Waals surface area contributed by atoms with Crippen LogP contribution in [0.15, 0.2) is 41.0 Å². The number of allylic oxidation sites excluding steroid dienone is 1. The summed E-state index contributed by atoms with van der Waals surface area (Å²) in [5, 5.41) is 6.69. The third-order valence-corrected chi connectivity index (χ3v) is 3.59. The van der Waals surface area contributed by atoms with Gasteiger partial charge in [0.25, 0.3) is 0 Å². The fraction of sp³-hybridized carbons (Fsp3) is 0.529. The number of pyridine rings is 1. The van der Waals surface area contributed by atoms with Gasteiger partial charge in [0.15, 0.2) is 5.96 Å². The Labute approximate surface area is 127 Å². The smallest absolute Gasteiger partial charge is 0.191 e. The second-order valence-corrected chi connectivity index (χ2v) is 5.30. The van der Waals surface area contributed by atoms with Gasteiger partial charge in [0.1, 0.15) is 0 Å². The van der Waals surface area contributed by atoms with Crippen LogP contribution in [-0.4, -0.2) is 24.0 Å². The Morgan fingerprint density at radius 2 is 2.24 bits per heavy atom. The summed E-state index contributed by atoms with van der Waals surface area (Å²) in [5.74, 6) is 0.875. The average Bonchev–Trinajstić information content (AvgIpc) is 2.54. The molecule has 0 spiro atoms. The highest BCUT2D eigenvalue weighted by molar-refractivity contribution is 5.79. The van der Waals surface area contributed by atoms with Crippen molar-refractivity contribution >= 4 is 5.96 Å². The van der Waals surface area contributed by atoms with Gasteiger partial charge in [-0.2, -0.15) is 0 Å². The lowest BCUT2D eigenvalue weighted by molar-refractivity contribution is 0.665.